The number of hydrogen-bond acceptors (Lipinski definition) is 10. The molecule has 2 heterocycles. The standard InChI is InChI=1S/C22H30N3O10PS/c1-12(2)32-19(33-14-8-6-5-7-9-14)13(3)24-36(31,37)35-15-10-25(21(29)23-18(15)28)20-22(4,30)17(27)16(11-26)34-20/h5-10,12,16-17,20,26-27,30H,11H2,1-4H3,(H,23,28,29)(H2,24,31,37)/t16-,17-,20-,22-,36?/m1/s1. The molecule has 1 saturated heterocycles. The first-order valence-corrected chi connectivity index (χ1v) is 13.9. The van der Waals surface area contributed by atoms with Gasteiger partial charge in [0.05, 0.1) is 24.6 Å². The first kappa shape index (κ1) is 28.9. The van der Waals surface area contributed by atoms with Crippen LogP contribution in [0, 0.1) is 0 Å². The van der Waals surface area contributed by atoms with Crippen LogP contribution in [-0.2, 0) is 21.3 Å². The fourth-order valence-corrected chi connectivity index (χ4v) is 5.12. The van der Waals surface area contributed by atoms with E-state index in [1.807, 2.05) is 11.1 Å². The van der Waals surface area contributed by atoms with Crippen molar-refractivity contribution >= 4 is 18.4 Å². The van der Waals surface area contributed by atoms with Crippen molar-refractivity contribution in [1.29, 1.82) is 0 Å². The summed E-state index contributed by atoms with van der Waals surface area (Å²) in [4.78, 5) is 37.7. The minimum atomic E-state index is -3.99. The Bertz CT molecular complexity index is 1290. The fourth-order valence-electron chi connectivity index (χ4n) is 3.51. The minimum absolute atomic E-state index is 0.00592. The second-order valence-corrected chi connectivity index (χ2v) is 11.7. The summed E-state index contributed by atoms with van der Waals surface area (Å²) < 4.78 is 23.0. The Hall–Kier alpha value is -2.71. The number of aliphatic hydroxyl groups is 3. The number of H-pyrrole nitrogens is 1. The first-order valence-electron chi connectivity index (χ1n) is 11.2. The summed E-state index contributed by atoms with van der Waals surface area (Å²) in [7, 11) is 0. The van der Waals surface area contributed by atoms with Crippen LogP contribution in [0.5, 0.6) is 11.5 Å². The number of para-hydroxylation sites is 1. The summed E-state index contributed by atoms with van der Waals surface area (Å²) in [5.74, 6) is -0.101. The molecule has 1 unspecified atom stereocenters. The van der Waals surface area contributed by atoms with Gasteiger partial charge in [-0.2, -0.15) is 0 Å². The zero-order valence-corrected chi connectivity index (χ0v) is 22.2. The lowest BCUT2D eigenvalue weighted by Gasteiger charge is -2.28. The van der Waals surface area contributed by atoms with Crippen molar-refractivity contribution in [2.75, 3.05) is 6.61 Å². The SMILES string of the molecule is CC(NP(O)(=S)Oc1cn([C@@H]2O[C@H](CO)[C@@H](O)[C@@]2(C)O)c(=O)[nH]c1=O)=C(Oc1ccccc1)OC(C)C. The molecule has 0 spiro atoms. The molecule has 1 aromatic heterocycles. The molecule has 0 saturated carbocycles. The van der Waals surface area contributed by atoms with Crippen molar-refractivity contribution in [3.05, 3.63) is 69.0 Å². The maximum atomic E-state index is 12.5. The van der Waals surface area contributed by atoms with Gasteiger partial charge in [0.2, 0.25) is 5.75 Å². The Balaban J connectivity index is 1.90. The number of aliphatic hydroxyl groups excluding tert-OH is 2. The molecule has 6 N–H and O–H groups in total. The topological polar surface area (TPSA) is 185 Å². The number of allylic oxidation sites excluding steroid dienone is 1. The van der Waals surface area contributed by atoms with E-state index in [0.29, 0.717) is 5.75 Å². The Morgan fingerprint density at radius 3 is 2.54 bits per heavy atom. The molecule has 5 atom stereocenters. The highest BCUT2D eigenvalue weighted by molar-refractivity contribution is 8.08. The van der Waals surface area contributed by atoms with Crippen LogP contribution in [0.15, 0.2) is 57.8 Å². The molecule has 15 heteroatoms. The summed E-state index contributed by atoms with van der Waals surface area (Å²) in [6.07, 6.45) is -3.63. The molecule has 0 radical (unpaired) electrons. The molecule has 204 valence electrons. The molecule has 0 bridgehead atoms. The average molecular weight is 560 g/mol. The second-order valence-electron chi connectivity index (χ2n) is 8.76. The van der Waals surface area contributed by atoms with Crippen molar-refractivity contribution in [2.24, 2.45) is 0 Å². The minimum Gasteiger partial charge on any atom is -0.461 e. The first-order chi connectivity index (χ1) is 17.2. The van der Waals surface area contributed by atoms with Gasteiger partial charge in [-0.1, -0.05) is 18.2 Å². The van der Waals surface area contributed by atoms with Gasteiger partial charge in [0.15, 0.2) is 6.23 Å². The summed E-state index contributed by atoms with van der Waals surface area (Å²) in [6.45, 7) is 1.64. The van der Waals surface area contributed by atoms with Crippen molar-refractivity contribution in [3.8, 4) is 11.5 Å². The number of benzene rings is 1. The number of ether oxygens (including phenoxy) is 3. The summed E-state index contributed by atoms with van der Waals surface area (Å²) in [6, 6.07) is 8.73. The van der Waals surface area contributed by atoms with E-state index in [0.717, 1.165) is 10.8 Å². The van der Waals surface area contributed by atoms with Crippen LogP contribution in [0.4, 0.5) is 0 Å². The Morgan fingerprint density at radius 1 is 1.32 bits per heavy atom. The predicted molar refractivity (Wildman–Crippen MR) is 135 cm³/mol. The van der Waals surface area contributed by atoms with Crippen LogP contribution in [0.1, 0.15) is 33.9 Å². The monoisotopic (exact) mass is 559 g/mol. The third-order valence-electron chi connectivity index (χ3n) is 5.26. The van der Waals surface area contributed by atoms with Crippen LogP contribution < -0.4 is 25.6 Å². The van der Waals surface area contributed by atoms with Gasteiger partial charge >= 0.3 is 18.3 Å². The number of hydrogen-bond donors (Lipinski definition) is 6. The number of rotatable bonds is 10. The Morgan fingerprint density at radius 2 is 1.97 bits per heavy atom. The molecule has 13 nitrogen and oxygen atoms in total. The number of aromatic amines is 1. The summed E-state index contributed by atoms with van der Waals surface area (Å²) >= 11 is 5.17. The van der Waals surface area contributed by atoms with E-state index < -0.39 is 54.3 Å². The van der Waals surface area contributed by atoms with E-state index in [9.17, 15) is 29.8 Å². The van der Waals surface area contributed by atoms with Gasteiger partial charge in [-0.05, 0) is 51.6 Å². The molecule has 0 amide bonds. The number of nitrogens with zero attached hydrogens (tertiary/aromatic N) is 1. The molecule has 3 rings (SSSR count). The van der Waals surface area contributed by atoms with E-state index in [-0.39, 0.29) is 17.7 Å². The van der Waals surface area contributed by atoms with E-state index >= 15 is 0 Å². The number of nitrogens with one attached hydrogen (secondary N) is 2. The highest BCUT2D eigenvalue weighted by Gasteiger charge is 2.53. The van der Waals surface area contributed by atoms with Gasteiger partial charge in [-0.15, -0.1) is 0 Å². The van der Waals surface area contributed by atoms with Gasteiger partial charge in [0.25, 0.3) is 5.56 Å². The third-order valence-corrected chi connectivity index (χ3v) is 6.82. The number of aromatic nitrogens is 2. The van der Waals surface area contributed by atoms with Crippen LogP contribution in [0.2, 0.25) is 0 Å². The molecule has 1 fully saturated rings. The molecule has 1 aliphatic heterocycles. The van der Waals surface area contributed by atoms with E-state index in [2.05, 4.69) is 5.09 Å². The Labute approximate surface area is 217 Å². The van der Waals surface area contributed by atoms with Crippen LogP contribution in [-0.4, -0.2) is 60.3 Å². The lowest BCUT2D eigenvalue weighted by Crippen LogP contribution is -2.47. The maximum Gasteiger partial charge on any atom is 0.337 e. The lowest BCUT2D eigenvalue weighted by atomic mass is 9.96. The maximum absolute atomic E-state index is 12.5. The zero-order valence-electron chi connectivity index (χ0n) is 20.5. The largest absolute Gasteiger partial charge is 0.461 e. The zero-order chi connectivity index (χ0) is 27.5. The van der Waals surface area contributed by atoms with Crippen molar-refractivity contribution in [1.82, 2.24) is 14.6 Å². The van der Waals surface area contributed by atoms with E-state index in [1.54, 1.807) is 38.1 Å². The Kier molecular flexibility index (Phi) is 8.85. The van der Waals surface area contributed by atoms with Gasteiger partial charge in [-0.25, -0.2) is 4.79 Å². The fraction of sp³-hybridized carbons (Fsp3) is 0.455. The normalized spacial score (nSPS) is 25.8. The van der Waals surface area contributed by atoms with E-state index in [1.165, 1.54) is 13.8 Å². The molecular formula is C22H30N3O10PS. The van der Waals surface area contributed by atoms with Crippen molar-refractivity contribution in [2.45, 2.75) is 57.8 Å². The lowest BCUT2D eigenvalue weighted by molar-refractivity contribution is -0.0988. The predicted octanol–water partition coefficient (Wildman–Crippen LogP) is 0.416. The molecule has 2 aromatic rings. The molecular weight excluding hydrogens is 529 g/mol. The third kappa shape index (κ3) is 6.79. The smallest absolute Gasteiger partial charge is 0.337 e. The van der Waals surface area contributed by atoms with Crippen molar-refractivity contribution in [3.63, 3.8) is 0 Å². The van der Waals surface area contributed by atoms with E-state index in [4.69, 9.17) is 30.5 Å². The molecule has 1 aliphatic rings. The highest BCUT2D eigenvalue weighted by Crippen LogP contribution is 2.41. The van der Waals surface area contributed by atoms with Crippen molar-refractivity contribution < 1.29 is 38.9 Å². The van der Waals surface area contributed by atoms with Gasteiger partial charge < -0.3 is 44.0 Å². The summed E-state index contributed by atoms with van der Waals surface area (Å²) in [5, 5.41) is 32.9. The highest BCUT2D eigenvalue weighted by atomic mass is 32.5. The molecule has 0 aliphatic carbocycles. The quantitative estimate of drug-likeness (QED) is 0.174. The summed E-state index contributed by atoms with van der Waals surface area (Å²) in [5.41, 5.74) is -3.84. The second kappa shape index (κ2) is 11.4. The van der Waals surface area contributed by atoms with Crippen LogP contribution in [0.3, 0.4) is 0 Å². The van der Waals surface area contributed by atoms with Gasteiger partial charge in [0.1, 0.15) is 23.6 Å². The van der Waals surface area contributed by atoms with Gasteiger partial charge in [0, 0.05) is 0 Å². The van der Waals surface area contributed by atoms with Gasteiger partial charge in [-0.3, -0.25) is 14.3 Å². The van der Waals surface area contributed by atoms with Crippen LogP contribution >= 0.6 is 6.64 Å². The van der Waals surface area contributed by atoms with Crippen LogP contribution in [0.25, 0.3) is 0 Å². The molecule has 1 aromatic carbocycles. The average Bonchev–Trinajstić information content (AvgIpc) is 3.03. The molecule has 37 heavy (non-hydrogen) atoms.